The van der Waals surface area contributed by atoms with Crippen LogP contribution in [0.15, 0.2) is 99.4 Å². The van der Waals surface area contributed by atoms with Crippen LogP contribution in [0.2, 0.25) is 0 Å². The number of methoxy groups -OCH3 is 1. The largest absolute Gasteiger partial charge is 0.494 e. The number of carbonyl (C=O) groups excluding carboxylic acids is 1. The molecule has 0 aliphatic heterocycles. The highest BCUT2D eigenvalue weighted by Crippen LogP contribution is 2.38. The van der Waals surface area contributed by atoms with Gasteiger partial charge in [-0.25, -0.2) is 4.99 Å². The molecule has 1 aromatic carbocycles. The third-order valence-corrected chi connectivity index (χ3v) is 5.26. The molecule has 0 radical (unpaired) electrons. The van der Waals surface area contributed by atoms with E-state index in [1.165, 1.54) is 0 Å². The minimum Gasteiger partial charge on any atom is -0.494 e. The molecule has 0 N–H and O–H groups in total. The van der Waals surface area contributed by atoms with Gasteiger partial charge in [0.25, 0.3) is 0 Å². The van der Waals surface area contributed by atoms with Crippen molar-refractivity contribution < 1.29 is 9.53 Å². The van der Waals surface area contributed by atoms with Crippen molar-refractivity contribution >= 4 is 22.9 Å². The number of benzene rings is 1. The maximum absolute atomic E-state index is 13.1. The third kappa shape index (κ3) is 5.50. The second-order valence-corrected chi connectivity index (χ2v) is 10.0. The number of ketones is 1. The quantitative estimate of drug-likeness (QED) is 0.502. The number of hydrogen-bond acceptors (Lipinski definition) is 4. The molecule has 4 nitrogen and oxygen atoms in total. The fourth-order valence-electron chi connectivity index (χ4n) is 3.48. The summed E-state index contributed by atoms with van der Waals surface area (Å²) in [5.41, 5.74) is 4.39. The number of para-hydroxylation sites is 1. The molecule has 166 valence electrons. The summed E-state index contributed by atoms with van der Waals surface area (Å²) in [6.45, 7) is 12.4. The van der Waals surface area contributed by atoms with Gasteiger partial charge < -0.3 is 4.74 Å². The normalized spacial score (nSPS) is 19.7. The molecule has 0 amide bonds. The highest BCUT2D eigenvalue weighted by atomic mass is 16.5. The molecule has 0 aromatic heterocycles. The van der Waals surface area contributed by atoms with E-state index in [1.54, 1.807) is 13.3 Å². The van der Waals surface area contributed by atoms with Gasteiger partial charge in [0, 0.05) is 23.4 Å². The molecular formula is C28H32N2O2. The van der Waals surface area contributed by atoms with Crippen molar-refractivity contribution in [3.8, 4) is 0 Å². The van der Waals surface area contributed by atoms with E-state index in [9.17, 15) is 4.79 Å². The molecule has 0 saturated carbocycles. The van der Waals surface area contributed by atoms with Crippen LogP contribution in [0.1, 0.15) is 41.5 Å². The van der Waals surface area contributed by atoms with Crippen molar-refractivity contribution in [2.45, 2.75) is 41.5 Å². The maximum Gasteiger partial charge on any atom is 0.186 e. The predicted octanol–water partition coefficient (Wildman–Crippen LogP) is 6.71. The first kappa shape index (κ1) is 23.4. The molecule has 0 atom stereocenters. The Balaban J connectivity index is 1.97. The average Bonchev–Trinajstić information content (AvgIpc) is 2.72. The lowest BCUT2D eigenvalue weighted by Crippen LogP contribution is -2.27. The molecule has 1 aromatic rings. The topological polar surface area (TPSA) is 51.0 Å². The lowest BCUT2D eigenvalue weighted by atomic mass is 9.72. The fourth-order valence-corrected chi connectivity index (χ4v) is 3.48. The fraction of sp³-hybridized carbons (Fsp3) is 0.321. The highest BCUT2D eigenvalue weighted by Gasteiger charge is 2.33. The lowest BCUT2D eigenvalue weighted by molar-refractivity contribution is -0.114. The molecule has 3 rings (SSSR count). The number of nitrogens with zero attached hydrogens (tertiary/aromatic N) is 2. The molecule has 32 heavy (non-hydrogen) atoms. The van der Waals surface area contributed by atoms with Crippen molar-refractivity contribution in [1.29, 1.82) is 0 Å². The van der Waals surface area contributed by atoms with Gasteiger partial charge in [0.1, 0.15) is 11.5 Å². The molecule has 0 bridgehead atoms. The van der Waals surface area contributed by atoms with Crippen LogP contribution in [0.5, 0.6) is 0 Å². The standard InChI is InChI=1S/C28H32N2O2/c1-27(2,3)22-15-19(16-23(26(22)31)28(4,5)6)18-29-24-14-13-21(17-25(24)32-7)30-20-11-9-8-10-12-20/h8-18H,1-7H3. The predicted molar refractivity (Wildman–Crippen MR) is 133 cm³/mol. The summed E-state index contributed by atoms with van der Waals surface area (Å²) in [5, 5.41) is 0. The van der Waals surface area contributed by atoms with Crippen LogP contribution in [-0.4, -0.2) is 24.3 Å². The number of Topliss-reactive ketones (excluding diaryl/α,β-unsaturated/α-hetero) is 1. The number of ether oxygens (including phenoxy) is 1. The second-order valence-electron chi connectivity index (χ2n) is 10.0. The third-order valence-electron chi connectivity index (χ3n) is 5.26. The first-order valence-electron chi connectivity index (χ1n) is 10.8. The van der Waals surface area contributed by atoms with Gasteiger partial charge in [-0.3, -0.25) is 9.79 Å². The van der Waals surface area contributed by atoms with E-state index in [0.717, 1.165) is 28.1 Å². The van der Waals surface area contributed by atoms with Crippen molar-refractivity contribution in [2.75, 3.05) is 7.11 Å². The Morgan fingerprint density at radius 2 is 1.44 bits per heavy atom. The molecule has 0 spiro atoms. The minimum absolute atomic E-state index is 0.117. The Kier molecular flexibility index (Phi) is 6.63. The Morgan fingerprint density at radius 3 is 1.97 bits per heavy atom. The van der Waals surface area contributed by atoms with Gasteiger partial charge in [0.2, 0.25) is 0 Å². The zero-order valence-corrected chi connectivity index (χ0v) is 20.1. The van der Waals surface area contributed by atoms with E-state index in [2.05, 4.69) is 51.5 Å². The summed E-state index contributed by atoms with van der Waals surface area (Å²) in [5.74, 6) is 0.762. The molecular weight excluding hydrogens is 396 g/mol. The maximum atomic E-state index is 13.1. The number of allylic oxidation sites excluding steroid dienone is 8. The summed E-state index contributed by atoms with van der Waals surface area (Å²) in [7, 11) is 1.63. The smallest absolute Gasteiger partial charge is 0.186 e. The molecule has 0 fully saturated rings. The van der Waals surface area contributed by atoms with Crippen LogP contribution >= 0.6 is 0 Å². The van der Waals surface area contributed by atoms with E-state index in [1.807, 2.05) is 60.7 Å². The van der Waals surface area contributed by atoms with E-state index < -0.39 is 0 Å². The Hall–Kier alpha value is -3.27. The van der Waals surface area contributed by atoms with Crippen LogP contribution in [0.25, 0.3) is 0 Å². The first-order chi connectivity index (χ1) is 15.0. The average molecular weight is 429 g/mol. The van der Waals surface area contributed by atoms with Crippen LogP contribution in [0.4, 0.5) is 5.69 Å². The minimum atomic E-state index is -0.251. The monoisotopic (exact) mass is 428 g/mol. The lowest BCUT2D eigenvalue weighted by Gasteiger charge is -2.31. The summed E-state index contributed by atoms with van der Waals surface area (Å²) >= 11 is 0. The van der Waals surface area contributed by atoms with Crippen LogP contribution in [-0.2, 0) is 9.53 Å². The van der Waals surface area contributed by atoms with Crippen molar-refractivity contribution in [1.82, 2.24) is 0 Å². The van der Waals surface area contributed by atoms with Gasteiger partial charge in [-0.2, -0.15) is 0 Å². The Morgan fingerprint density at radius 1 is 0.844 bits per heavy atom. The zero-order valence-electron chi connectivity index (χ0n) is 20.1. The number of carbonyl (C=O) groups is 1. The van der Waals surface area contributed by atoms with Crippen molar-refractivity contribution in [2.24, 2.45) is 20.8 Å². The highest BCUT2D eigenvalue weighted by molar-refractivity contribution is 6.21. The Bertz CT molecular complexity index is 1070. The summed E-state index contributed by atoms with van der Waals surface area (Å²) in [4.78, 5) is 22.4. The number of aliphatic imine (C=N–C) groups is 2. The van der Waals surface area contributed by atoms with E-state index in [0.29, 0.717) is 11.5 Å². The second kappa shape index (κ2) is 9.07. The van der Waals surface area contributed by atoms with Gasteiger partial charge >= 0.3 is 0 Å². The van der Waals surface area contributed by atoms with E-state index in [4.69, 9.17) is 4.74 Å². The van der Waals surface area contributed by atoms with Gasteiger partial charge in [0.15, 0.2) is 5.78 Å². The van der Waals surface area contributed by atoms with Crippen molar-refractivity contribution in [3.63, 3.8) is 0 Å². The molecule has 4 heteroatoms. The number of rotatable bonds is 3. The summed E-state index contributed by atoms with van der Waals surface area (Å²) in [6.07, 6.45) is 11.4. The van der Waals surface area contributed by atoms with Gasteiger partial charge in [-0.1, -0.05) is 59.7 Å². The SMILES string of the molecule is COC1=CC(=Nc2ccccc2)C=CC1=NC=C1C=C(C(C)(C)C)C(=O)C(C(C)(C)C)=C1. The molecule has 0 heterocycles. The summed E-state index contributed by atoms with van der Waals surface area (Å²) < 4.78 is 5.56. The van der Waals surface area contributed by atoms with Gasteiger partial charge in [-0.05, 0) is 52.8 Å². The van der Waals surface area contributed by atoms with Gasteiger partial charge in [0.05, 0.1) is 18.5 Å². The Labute approximate surface area is 191 Å². The molecule has 0 unspecified atom stereocenters. The van der Waals surface area contributed by atoms with E-state index >= 15 is 0 Å². The molecule has 2 aliphatic carbocycles. The van der Waals surface area contributed by atoms with Crippen LogP contribution < -0.4 is 0 Å². The molecule has 0 saturated heterocycles. The van der Waals surface area contributed by atoms with Crippen LogP contribution in [0.3, 0.4) is 0 Å². The number of hydrogen-bond donors (Lipinski definition) is 0. The summed E-state index contributed by atoms with van der Waals surface area (Å²) in [6, 6.07) is 9.79. The first-order valence-corrected chi connectivity index (χ1v) is 10.8. The van der Waals surface area contributed by atoms with E-state index in [-0.39, 0.29) is 16.6 Å². The van der Waals surface area contributed by atoms with Crippen molar-refractivity contribution in [3.05, 3.63) is 89.4 Å². The zero-order chi connectivity index (χ0) is 23.5. The van der Waals surface area contributed by atoms with Gasteiger partial charge in [-0.15, -0.1) is 0 Å². The van der Waals surface area contributed by atoms with Crippen LogP contribution in [0, 0.1) is 10.8 Å². The molecule has 2 aliphatic rings.